The number of nitrogen functional groups attached to an aromatic ring is 1. The van der Waals surface area contributed by atoms with Gasteiger partial charge in [-0.15, -0.1) is 0 Å². The number of anilines is 1. The Labute approximate surface area is 85.0 Å². The van der Waals surface area contributed by atoms with Crippen molar-refractivity contribution in [3.8, 4) is 0 Å². The summed E-state index contributed by atoms with van der Waals surface area (Å²) in [6, 6.07) is 0. The van der Waals surface area contributed by atoms with Crippen molar-refractivity contribution in [3.63, 3.8) is 0 Å². The molecule has 6 heteroatoms. The summed E-state index contributed by atoms with van der Waals surface area (Å²) in [4.78, 5) is 21.4. The number of aromatic nitrogens is 3. The van der Waals surface area contributed by atoms with Crippen LogP contribution >= 0.6 is 0 Å². The normalized spacial score (nSPS) is 11.2. The molecule has 0 unspecified atom stereocenters. The third-order valence-electron chi connectivity index (χ3n) is 1.96. The van der Waals surface area contributed by atoms with Gasteiger partial charge >= 0.3 is 0 Å². The number of carbonyl (C=O) groups excluding carboxylic acids is 1. The van der Waals surface area contributed by atoms with Gasteiger partial charge in [-0.25, -0.2) is 9.97 Å². The number of primary amides is 1. The zero-order chi connectivity index (χ0) is 10.8. The number of carbonyl (C=O) groups is 1. The lowest BCUT2D eigenvalue weighted by molar-refractivity contribution is -0.113. The van der Waals surface area contributed by atoms with Gasteiger partial charge in [0.2, 0.25) is 5.91 Å². The fraction of sp³-hybridized carbons (Fsp3) is 0. The number of nitrogens with zero attached hydrogens (tertiary/aromatic N) is 2. The predicted octanol–water partition coefficient (Wildman–Crippen LogP) is 0.0386. The lowest BCUT2D eigenvalue weighted by atomic mass is 10.2. The topological polar surface area (TPSA) is 111 Å². The van der Waals surface area contributed by atoms with Crippen molar-refractivity contribution in [1.82, 2.24) is 15.0 Å². The van der Waals surface area contributed by atoms with Gasteiger partial charge in [-0.3, -0.25) is 4.79 Å². The van der Waals surface area contributed by atoms with Gasteiger partial charge in [-0.1, -0.05) is 0 Å². The van der Waals surface area contributed by atoms with Crippen LogP contribution in [0.25, 0.3) is 17.1 Å². The molecule has 2 aromatic heterocycles. The largest absolute Gasteiger partial charge is 0.383 e. The molecule has 0 saturated heterocycles. The van der Waals surface area contributed by atoms with Crippen LogP contribution in [-0.4, -0.2) is 20.9 Å². The molecule has 15 heavy (non-hydrogen) atoms. The Bertz CT molecular complexity index is 542. The summed E-state index contributed by atoms with van der Waals surface area (Å²) >= 11 is 0. The van der Waals surface area contributed by atoms with Crippen LogP contribution in [0.15, 0.2) is 18.6 Å². The molecule has 76 valence electrons. The molecule has 0 fully saturated rings. The van der Waals surface area contributed by atoms with Crippen LogP contribution in [0.5, 0.6) is 0 Å². The third-order valence-corrected chi connectivity index (χ3v) is 1.96. The molecule has 0 bridgehead atoms. The first-order valence-electron chi connectivity index (χ1n) is 4.23. The van der Waals surface area contributed by atoms with Crippen LogP contribution in [0.1, 0.15) is 5.56 Å². The minimum absolute atomic E-state index is 0.366. The first-order chi connectivity index (χ1) is 7.18. The maximum absolute atomic E-state index is 10.6. The SMILES string of the molecule is NC(=O)C=Cc1c[nH]c2ncnc(N)c12. The number of hydrogen-bond acceptors (Lipinski definition) is 4. The highest BCUT2D eigenvalue weighted by atomic mass is 16.1. The van der Waals surface area contributed by atoms with Gasteiger partial charge in [0.25, 0.3) is 0 Å². The summed E-state index contributed by atoms with van der Waals surface area (Å²) in [6.07, 6.45) is 5.89. The molecule has 2 aromatic rings. The van der Waals surface area contributed by atoms with Crippen molar-refractivity contribution in [3.05, 3.63) is 24.2 Å². The maximum Gasteiger partial charge on any atom is 0.241 e. The highest BCUT2D eigenvalue weighted by molar-refractivity contribution is 5.98. The van der Waals surface area contributed by atoms with Gasteiger partial charge in [-0.2, -0.15) is 0 Å². The second kappa shape index (κ2) is 3.41. The zero-order valence-electron chi connectivity index (χ0n) is 7.77. The van der Waals surface area contributed by atoms with Crippen molar-refractivity contribution in [2.24, 2.45) is 5.73 Å². The van der Waals surface area contributed by atoms with Crippen molar-refractivity contribution in [2.75, 3.05) is 5.73 Å². The Morgan fingerprint density at radius 3 is 3.00 bits per heavy atom. The molecular weight excluding hydrogens is 194 g/mol. The van der Waals surface area contributed by atoms with Crippen LogP contribution in [0.3, 0.4) is 0 Å². The van der Waals surface area contributed by atoms with E-state index in [2.05, 4.69) is 15.0 Å². The lowest BCUT2D eigenvalue weighted by Crippen LogP contribution is -2.05. The molecule has 0 aliphatic rings. The highest BCUT2D eigenvalue weighted by Gasteiger charge is 2.06. The maximum atomic E-state index is 10.6. The number of H-pyrrole nitrogens is 1. The number of nitrogens with two attached hydrogens (primary N) is 2. The molecule has 1 amide bonds. The van der Waals surface area contributed by atoms with Gasteiger partial charge < -0.3 is 16.5 Å². The number of aromatic amines is 1. The minimum Gasteiger partial charge on any atom is -0.383 e. The predicted molar refractivity (Wildman–Crippen MR) is 56.5 cm³/mol. The number of nitrogens with one attached hydrogen (secondary N) is 1. The second-order valence-corrected chi connectivity index (χ2v) is 2.96. The van der Waals surface area contributed by atoms with Gasteiger partial charge in [0.15, 0.2) is 0 Å². The first-order valence-corrected chi connectivity index (χ1v) is 4.23. The van der Waals surface area contributed by atoms with Crippen LogP contribution in [0.2, 0.25) is 0 Å². The van der Waals surface area contributed by atoms with E-state index in [9.17, 15) is 4.79 Å². The van der Waals surface area contributed by atoms with Gasteiger partial charge in [-0.05, 0) is 6.08 Å². The molecule has 6 nitrogen and oxygen atoms in total. The van der Waals surface area contributed by atoms with Crippen molar-refractivity contribution >= 4 is 28.8 Å². The van der Waals surface area contributed by atoms with E-state index >= 15 is 0 Å². The van der Waals surface area contributed by atoms with E-state index < -0.39 is 5.91 Å². The average Bonchev–Trinajstić information content (AvgIpc) is 2.59. The van der Waals surface area contributed by atoms with Crippen LogP contribution in [0.4, 0.5) is 5.82 Å². The lowest BCUT2D eigenvalue weighted by Gasteiger charge is -1.94. The molecule has 0 aliphatic heterocycles. The van der Waals surface area contributed by atoms with Crippen molar-refractivity contribution in [2.45, 2.75) is 0 Å². The highest BCUT2D eigenvalue weighted by Crippen LogP contribution is 2.21. The summed E-state index contributed by atoms with van der Waals surface area (Å²) in [5.41, 5.74) is 12.0. The fourth-order valence-corrected chi connectivity index (χ4v) is 1.31. The number of fused-ring (bicyclic) bond motifs is 1. The van der Waals surface area contributed by atoms with Gasteiger partial charge in [0.1, 0.15) is 17.8 Å². The summed E-state index contributed by atoms with van der Waals surface area (Å²) in [5.74, 6) is -0.148. The third kappa shape index (κ3) is 1.64. The molecule has 0 aromatic carbocycles. The average molecular weight is 203 g/mol. The monoisotopic (exact) mass is 203 g/mol. The van der Waals surface area contributed by atoms with Gasteiger partial charge in [0.05, 0.1) is 5.39 Å². The van der Waals surface area contributed by atoms with E-state index in [1.54, 1.807) is 12.3 Å². The Kier molecular flexibility index (Phi) is 2.09. The molecule has 0 spiro atoms. The van der Waals surface area contributed by atoms with E-state index in [1.807, 2.05) is 0 Å². The number of amides is 1. The molecule has 0 radical (unpaired) electrons. The smallest absolute Gasteiger partial charge is 0.241 e. The van der Waals surface area contributed by atoms with E-state index in [-0.39, 0.29) is 0 Å². The second-order valence-electron chi connectivity index (χ2n) is 2.96. The molecule has 2 rings (SSSR count). The quantitative estimate of drug-likeness (QED) is 0.598. The molecule has 0 aliphatic carbocycles. The molecule has 5 N–H and O–H groups in total. The van der Waals surface area contributed by atoms with E-state index in [1.165, 1.54) is 12.4 Å². The first kappa shape index (κ1) is 9.20. The van der Waals surface area contributed by atoms with Gasteiger partial charge in [0, 0.05) is 17.8 Å². The molecule has 0 atom stereocenters. The van der Waals surface area contributed by atoms with Crippen molar-refractivity contribution in [1.29, 1.82) is 0 Å². The van der Waals surface area contributed by atoms with Crippen LogP contribution < -0.4 is 11.5 Å². The van der Waals surface area contributed by atoms with E-state index in [0.29, 0.717) is 16.9 Å². The minimum atomic E-state index is -0.514. The summed E-state index contributed by atoms with van der Waals surface area (Å²) < 4.78 is 0. The summed E-state index contributed by atoms with van der Waals surface area (Å²) in [6.45, 7) is 0. The van der Waals surface area contributed by atoms with Crippen molar-refractivity contribution < 1.29 is 4.79 Å². The standard InChI is InChI=1S/C9H9N5O/c10-6(15)2-1-5-3-12-9-7(5)8(11)13-4-14-9/h1-4H,(H2,10,15)(H3,11,12,13,14). The Morgan fingerprint density at radius 2 is 2.27 bits per heavy atom. The van der Waals surface area contributed by atoms with E-state index in [0.717, 1.165) is 5.56 Å². The zero-order valence-corrected chi connectivity index (χ0v) is 7.77. The summed E-state index contributed by atoms with van der Waals surface area (Å²) in [7, 11) is 0. The molecule has 0 saturated carbocycles. The fourth-order valence-electron chi connectivity index (χ4n) is 1.31. The van der Waals surface area contributed by atoms with E-state index in [4.69, 9.17) is 11.5 Å². The Morgan fingerprint density at radius 1 is 1.47 bits per heavy atom. The van der Waals surface area contributed by atoms with Crippen LogP contribution in [0, 0.1) is 0 Å². The molecule has 2 heterocycles. The van der Waals surface area contributed by atoms with Crippen LogP contribution in [-0.2, 0) is 4.79 Å². The number of hydrogen-bond donors (Lipinski definition) is 3. The Hall–Kier alpha value is -2.37. The Balaban J connectivity index is 2.57. The number of rotatable bonds is 2. The molecular formula is C9H9N5O. The summed E-state index contributed by atoms with van der Waals surface area (Å²) in [5, 5.41) is 0.690.